The zero-order valence-corrected chi connectivity index (χ0v) is 14.4. The number of fused-ring (bicyclic) bond motifs is 1. The number of rotatable bonds is 3. The van der Waals surface area contributed by atoms with Crippen LogP contribution in [-0.4, -0.2) is 34.9 Å². The van der Waals surface area contributed by atoms with Gasteiger partial charge in [-0.05, 0) is 53.0 Å². The summed E-state index contributed by atoms with van der Waals surface area (Å²) in [4.78, 5) is 16.3. The van der Waals surface area contributed by atoms with Crippen LogP contribution in [0.1, 0.15) is 41.6 Å². The molecule has 0 saturated carbocycles. The van der Waals surface area contributed by atoms with E-state index >= 15 is 0 Å². The smallest absolute Gasteiger partial charge is 0.219 e. The molecule has 1 amide bonds. The van der Waals surface area contributed by atoms with Gasteiger partial charge in [-0.15, -0.1) is 0 Å². The van der Waals surface area contributed by atoms with Gasteiger partial charge in [0.15, 0.2) is 0 Å². The van der Waals surface area contributed by atoms with Crippen LogP contribution in [0.15, 0.2) is 30.6 Å². The van der Waals surface area contributed by atoms with E-state index in [-0.39, 0.29) is 18.0 Å². The second-order valence-electron chi connectivity index (χ2n) is 6.92. The van der Waals surface area contributed by atoms with Crippen LogP contribution < -0.4 is 5.32 Å². The van der Waals surface area contributed by atoms with Crippen molar-refractivity contribution in [2.45, 2.75) is 25.4 Å². The number of nitrogens with one attached hydrogen (secondary N) is 2. The van der Waals surface area contributed by atoms with Gasteiger partial charge in [0.25, 0.3) is 0 Å². The van der Waals surface area contributed by atoms with Crippen molar-refractivity contribution in [2.75, 3.05) is 13.1 Å². The Morgan fingerprint density at radius 2 is 2.15 bits per heavy atom. The average molecular weight is 350 g/mol. The molecule has 1 atom stereocenters. The number of carbonyl (C=O) groups is 1. The number of hydrogen-bond donors (Lipinski definition) is 2. The molecule has 1 aromatic carbocycles. The summed E-state index contributed by atoms with van der Waals surface area (Å²) in [5.74, 6) is -0.307. The Kier molecular flexibility index (Phi) is 4.09. The average Bonchev–Trinajstić information content (AvgIpc) is 3.05. The zero-order chi connectivity index (χ0) is 18.3. The van der Waals surface area contributed by atoms with E-state index in [4.69, 9.17) is 5.26 Å². The SMILES string of the molecule is CC(=O)N1CC(NC2CC(c3cc(F)cc(C#N)c3)=Cc3c[nH]cc32)C1. The van der Waals surface area contributed by atoms with Crippen LogP contribution in [0.4, 0.5) is 4.39 Å². The lowest BCUT2D eigenvalue weighted by molar-refractivity contribution is -0.133. The number of nitrogens with zero attached hydrogens (tertiary/aromatic N) is 2. The molecule has 1 aromatic heterocycles. The van der Waals surface area contributed by atoms with Gasteiger partial charge in [0.2, 0.25) is 5.91 Å². The number of aromatic nitrogens is 1. The van der Waals surface area contributed by atoms with Crippen LogP contribution in [0.25, 0.3) is 11.6 Å². The van der Waals surface area contributed by atoms with Gasteiger partial charge in [0.05, 0.1) is 11.6 Å². The Morgan fingerprint density at radius 3 is 2.88 bits per heavy atom. The Bertz CT molecular complexity index is 934. The third kappa shape index (κ3) is 3.02. The van der Waals surface area contributed by atoms with E-state index < -0.39 is 5.82 Å². The van der Waals surface area contributed by atoms with Gasteiger partial charge in [-0.2, -0.15) is 5.26 Å². The van der Waals surface area contributed by atoms with E-state index in [0.717, 1.165) is 16.7 Å². The number of likely N-dealkylation sites (tertiary alicyclic amines) is 1. The van der Waals surface area contributed by atoms with Crippen molar-refractivity contribution in [1.29, 1.82) is 5.26 Å². The topological polar surface area (TPSA) is 71.9 Å². The number of carbonyl (C=O) groups excluding carboxylic acids is 1. The van der Waals surface area contributed by atoms with Crippen LogP contribution in [0, 0.1) is 17.1 Å². The largest absolute Gasteiger partial charge is 0.367 e. The summed E-state index contributed by atoms with van der Waals surface area (Å²) >= 11 is 0. The Labute approximate surface area is 151 Å². The highest BCUT2D eigenvalue weighted by Gasteiger charge is 2.32. The summed E-state index contributed by atoms with van der Waals surface area (Å²) in [6.45, 7) is 3.00. The maximum Gasteiger partial charge on any atom is 0.219 e. The standard InChI is InChI=1S/C20H19FN4O/c1-12(26)25-10-18(11-25)24-20-6-15(4-16-8-23-9-19(16)20)14-2-13(7-22)3-17(21)5-14/h2-5,8-9,18,20,23-24H,6,10-11H2,1H3. The molecule has 2 aromatic rings. The van der Waals surface area contributed by atoms with Crippen LogP contribution in [0.2, 0.25) is 0 Å². The molecule has 6 heteroatoms. The minimum absolute atomic E-state index is 0.0872. The fourth-order valence-corrected chi connectivity index (χ4v) is 3.71. The molecule has 0 spiro atoms. The highest BCUT2D eigenvalue weighted by molar-refractivity contribution is 5.85. The second kappa shape index (κ2) is 6.43. The number of nitriles is 1. The van der Waals surface area contributed by atoms with Crippen molar-refractivity contribution in [3.05, 3.63) is 58.7 Å². The molecule has 2 N–H and O–H groups in total. The van der Waals surface area contributed by atoms with Crippen LogP contribution in [0.5, 0.6) is 0 Å². The number of benzene rings is 1. The highest BCUT2D eigenvalue weighted by Crippen LogP contribution is 2.37. The number of hydrogen-bond acceptors (Lipinski definition) is 3. The van der Waals surface area contributed by atoms with Gasteiger partial charge in [-0.25, -0.2) is 4.39 Å². The number of amides is 1. The molecule has 26 heavy (non-hydrogen) atoms. The van der Waals surface area contributed by atoms with E-state index in [0.29, 0.717) is 25.1 Å². The summed E-state index contributed by atoms with van der Waals surface area (Å²) < 4.78 is 13.9. The molecular formula is C20H19FN4O. The summed E-state index contributed by atoms with van der Waals surface area (Å²) in [5.41, 5.74) is 4.29. The molecular weight excluding hydrogens is 331 g/mol. The molecule has 1 saturated heterocycles. The molecule has 4 rings (SSSR count). The van der Waals surface area contributed by atoms with Crippen molar-refractivity contribution < 1.29 is 9.18 Å². The zero-order valence-electron chi connectivity index (χ0n) is 14.4. The third-order valence-electron chi connectivity index (χ3n) is 5.10. The molecule has 1 aliphatic carbocycles. The van der Waals surface area contributed by atoms with Gasteiger partial charge >= 0.3 is 0 Å². The predicted octanol–water partition coefficient (Wildman–Crippen LogP) is 2.83. The number of halogens is 1. The minimum Gasteiger partial charge on any atom is -0.367 e. The first-order valence-electron chi connectivity index (χ1n) is 8.63. The molecule has 1 fully saturated rings. The first-order valence-corrected chi connectivity index (χ1v) is 8.63. The number of H-pyrrole nitrogens is 1. The first kappa shape index (κ1) is 16.6. The lowest BCUT2D eigenvalue weighted by Crippen LogP contribution is -2.59. The van der Waals surface area contributed by atoms with Crippen LogP contribution in [-0.2, 0) is 4.79 Å². The minimum atomic E-state index is -0.402. The van der Waals surface area contributed by atoms with Crippen LogP contribution >= 0.6 is 0 Å². The van der Waals surface area contributed by atoms with Crippen LogP contribution in [0.3, 0.4) is 0 Å². The Morgan fingerprint density at radius 1 is 1.35 bits per heavy atom. The fourth-order valence-electron chi connectivity index (χ4n) is 3.71. The maximum atomic E-state index is 13.9. The highest BCUT2D eigenvalue weighted by atomic mass is 19.1. The molecule has 1 unspecified atom stereocenters. The van der Waals surface area contributed by atoms with Gasteiger partial charge in [0.1, 0.15) is 5.82 Å². The van der Waals surface area contributed by atoms with Crippen molar-refractivity contribution in [3.63, 3.8) is 0 Å². The van der Waals surface area contributed by atoms with Gasteiger partial charge in [0, 0.05) is 44.5 Å². The quantitative estimate of drug-likeness (QED) is 0.894. The first-order chi connectivity index (χ1) is 12.5. The molecule has 0 bridgehead atoms. The van der Waals surface area contributed by atoms with E-state index in [1.165, 1.54) is 17.7 Å². The Hall–Kier alpha value is -2.91. The van der Waals surface area contributed by atoms with Crippen molar-refractivity contribution in [2.24, 2.45) is 0 Å². The lowest BCUT2D eigenvalue weighted by atomic mass is 9.86. The molecule has 1 aliphatic heterocycles. The van der Waals surface area contributed by atoms with E-state index in [1.807, 2.05) is 24.5 Å². The van der Waals surface area contributed by atoms with E-state index in [9.17, 15) is 9.18 Å². The summed E-state index contributed by atoms with van der Waals surface area (Å²) in [6.07, 6.45) is 6.66. The van der Waals surface area contributed by atoms with Gasteiger partial charge < -0.3 is 15.2 Å². The second-order valence-corrected chi connectivity index (χ2v) is 6.92. The normalized spacial score (nSPS) is 19.3. The molecule has 5 nitrogen and oxygen atoms in total. The summed E-state index contributed by atoms with van der Waals surface area (Å²) in [6, 6.07) is 6.80. The van der Waals surface area contributed by atoms with E-state index in [1.54, 1.807) is 17.9 Å². The lowest BCUT2D eigenvalue weighted by Gasteiger charge is -2.41. The molecule has 0 radical (unpaired) electrons. The molecule has 2 heterocycles. The third-order valence-corrected chi connectivity index (χ3v) is 5.10. The van der Waals surface area contributed by atoms with Gasteiger partial charge in [-0.1, -0.05) is 0 Å². The van der Waals surface area contributed by atoms with Gasteiger partial charge in [-0.3, -0.25) is 4.79 Å². The summed E-state index contributed by atoms with van der Waals surface area (Å²) in [5, 5.41) is 12.7. The molecule has 2 aliphatic rings. The number of aromatic amines is 1. The monoisotopic (exact) mass is 350 g/mol. The van der Waals surface area contributed by atoms with Crippen molar-refractivity contribution >= 4 is 17.6 Å². The summed E-state index contributed by atoms with van der Waals surface area (Å²) in [7, 11) is 0. The van der Waals surface area contributed by atoms with Crippen molar-refractivity contribution in [3.8, 4) is 6.07 Å². The molecule has 132 valence electrons. The maximum absolute atomic E-state index is 13.9. The Balaban J connectivity index is 1.58. The fraction of sp³-hybridized carbons (Fsp3) is 0.300. The predicted molar refractivity (Wildman–Crippen MR) is 96.3 cm³/mol. The van der Waals surface area contributed by atoms with Crippen molar-refractivity contribution in [1.82, 2.24) is 15.2 Å². The van der Waals surface area contributed by atoms with E-state index in [2.05, 4.69) is 10.3 Å².